The van der Waals surface area contributed by atoms with Crippen LogP contribution in [0.1, 0.15) is 57.1 Å². The number of carbonyl (C=O) groups excluding carboxylic acids is 2. The molecule has 0 aromatic heterocycles. The SMILES string of the molecule is CC(C)(C)CC1NC(C(=O)NCCN2CCCC2)C(c2cccc(Cl)c2F)C12C(=O)Nc1c2ccc(Cl)c1F. The summed E-state index contributed by atoms with van der Waals surface area (Å²) in [6, 6.07) is 6.01. The van der Waals surface area contributed by atoms with Crippen LogP contribution in [0, 0.1) is 17.0 Å². The summed E-state index contributed by atoms with van der Waals surface area (Å²) in [6.07, 6.45) is 2.74. The second kappa shape index (κ2) is 10.6. The maximum Gasteiger partial charge on any atom is 0.237 e. The van der Waals surface area contributed by atoms with Crippen molar-refractivity contribution < 1.29 is 18.4 Å². The number of halogens is 4. The minimum Gasteiger partial charge on any atom is -0.353 e. The molecule has 4 atom stereocenters. The molecule has 2 amide bonds. The summed E-state index contributed by atoms with van der Waals surface area (Å²) in [5.41, 5.74) is -1.32. The lowest BCUT2D eigenvalue weighted by atomic mass is 9.62. The molecule has 210 valence electrons. The molecular formula is C29H34Cl2F2N4O2. The van der Waals surface area contributed by atoms with Gasteiger partial charge in [0.2, 0.25) is 11.8 Å². The molecule has 39 heavy (non-hydrogen) atoms. The maximum absolute atomic E-state index is 15.8. The van der Waals surface area contributed by atoms with Gasteiger partial charge >= 0.3 is 0 Å². The maximum atomic E-state index is 15.8. The number of hydrogen-bond donors (Lipinski definition) is 3. The van der Waals surface area contributed by atoms with Crippen LogP contribution < -0.4 is 16.0 Å². The third-order valence-electron chi connectivity index (χ3n) is 8.25. The number of nitrogens with zero attached hydrogens (tertiary/aromatic N) is 1. The van der Waals surface area contributed by atoms with E-state index in [1.54, 1.807) is 18.2 Å². The number of carbonyl (C=O) groups is 2. The lowest BCUT2D eigenvalue weighted by molar-refractivity contribution is -0.123. The van der Waals surface area contributed by atoms with E-state index in [-0.39, 0.29) is 32.6 Å². The second-order valence-electron chi connectivity index (χ2n) is 12.0. The highest BCUT2D eigenvalue weighted by Gasteiger charge is 2.66. The van der Waals surface area contributed by atoms with Gasteiger partial charge in [0.15, 0.2) is 5.82 Å². The fourth-order valence-electron chi connectivity index (χ4n) is 6.63. The minimum absolute atomic E-state index is 0.0317. The molecule has 0 saturated carbocycles. The molecule has 10 heteroatoms. The molecule has 2 aromatic carbocycles. The molecule has 0 radical (unpaired) electrons. The number of hydrogen-bond acceptors (Lipinski definition) is 4. The first-order valence-corrected chi connectivity index (χ1v) is 14.2. The molecule has 2 fully saturated rings. The molecule has 1 spiro atoms. The first-order valence-electron chi connectivity index (χ1n) is 13.4. The Morgan fingerprint density at radius 2 is 1.79 bits per heavy atom. The predicted octanol–water partition coefficient (Wildman–Crippen LogP) is 5.23. The van der Waals surface area contributed by atoms with Crippen molar-refractivity contribution in [1.29, 1.82) is 0 Å². The average molecular weight is 580 g/mol. The van der Waals surface area contributed by atoms with Gasteiger partial charge in [-0.2, -0.15) is 0 Å². The first kappa shape index (κ1) is 28.3. The molecule has 2 saturated heterocycles. The van der Waals surface area contributed by atoms with E-state index in [4.69, 9.17) is 23.2 Å². The summed E-state index contributed by atoms with van der Waals surface area (Å²) >= 11 is 12.3. The van der Waals surface area contributed by atoms with E-state index in [0.29, 0.717) is 25.1 Å². The van der Waals surface area contributed by atoms with Crippen LogP contribution in [0.25, 0.3) is 0 Å². The Morgan fingerprint density at radius 1 is 1.10 bits per heavy atom. The van der Waals surface area contributed by atoms with Gasteiger partial charge < -0.3 is 20.9 Å². The Balaban J connectivity index is 1.64. The third-order valence-corrected chi connectivity index (χ3v) is 8.83. The van der Waals surface area contributed by atoms with Crippen LogP contribution in [0.3, 0.4) is 0 Å². The Labute approximate surface area is 237 Å². The van der Waals surface area contributed by atoms with Crippen LogP contribution >= 0.6 is 23.2 Å². The fraction of sp³-hybridized carbons (Fsp3) is 0.517. The van der Waals surface area contributed by atoms with Crippen molar-refractivity contribution in [3.05, 3.63) is 63.1 Å². The van der Waals surface area contributed by atoms with E-state index in [1.165, 1.54) is 12.1 Å². The molecule has 0 bridgehead atoms. The van der Waals surface area contributed by atoms with Gasteiger partial charge in [-0.25, -0.2) is 8.78 Å². The molecule has 3 N–H and O–H groups in total. The van der Waals surface area contributed by atoms with Gasteiger partial charge in [0.1, 0.15) is 11.2 Å². The monoisotopic (exact) mass is 578 g/mol. The zero-order valence-corrected chi connectivity index (χ0v) is 23.9. The second-order valence-corrected chi connectivity index (χ2v) is 12.8. The molecule has 3 heterocycles. The van der Waals surface area contributed by atoms with Crippen molar-refractivity contribution in [1.82, 2.24) is 15.5 Å². The number of fused-ring (bicyclic) bond motifs is 2. The van der Waals surface area contributed by atoms with Gasteiger partial charge in [0.25, 0.3) is 0 Å². The quantitative estimate of drug-likeness (QED) is 0.438. The zero-order chi connectivity index (χ0) is 28.1. The van der Waals surface area contributed by atoms with Crippen LogP contribution in [0.5, 0.6) is 0 Å². The van der Waals surface area contributed by atoms with Crippen LogP contribution in [0.4, 0.5) is 14.5 Å². The number of benzene rings is 2. The highest BCUT2D eigenvalue weighted by molar-refractivity contribution is 6.31. The van der Waals surface area contributed by atoms with E-state index in [0.717, 1.165) is 25.9 Å². The van der Waals surface area contributed by atoms with E-state index < -0.39 is 41.0 Å². The molecule has 3 aliphatic rings. The number of likely N-dealkylation sites (tertiary alicyclic amines) is 1. The topological polar surface area (TPSA) is 73.5 Å². The lowest BCUT2D eigenvalue weighted by Gasteiger charge is -2.37. The van der Waals surface area contributed by atoms with Crippen LogP contribution in [-0.4, -0.2) is 55.0 Å². The normalized spacial score (nSPS) is 26.7. The smallest absolute Gasteiger partial charge is 0.237 e. The zero-order valence-electron chi connectivity index (χ0n) is 22.3. The Bertz CT molecular complexity index is 1290. The Morgan fingerprint density at radius 3 is 2.49 bits per heavy atom. The van der Waals surface area contributed by atoms with Crippen molar-refractivity contribution in [2.75, 3.05) is 31.5 Å². The van der Waals surface area contributed by atoms with Crippen molar-refractivity contribution in [3.63, 3.8) is 0 Å². The summed E-state index contributed by atoms with van der Waals surface area (Å²) in [5.74, 6) is -3.30. The van der Waals surface area contributed by atoms with Crippen molar-refractivity contribution >= 4 is 40.7 Å². The highest BCUT2D eigenvalue weighted by Crippen LogP contribution is 2.57. The van der Waals surface area contributed by atoms with Crippen LogP contribution in [0.2, 0.25) is 10.0 Å². The largest absolute Gasteiger partial charge is 0.353 e. The number of amides is 2. The Kier molecular flexibility index (Phi) is 7.70. The number of nitrogens with one attached hydrogen (secondary N) is 3. The van der Waals surface area contributed by atoms with E-state index >= 15 is 8.78 Å². The van der Waals surface area contributed by atoms with Crippen molar-refractivity contribution in [2.45, 2.75) is 63.5 Å². The summed E-state index contributed by atoms with van der Waals surface area (Å²) in [6.45, 7) is 9.19. The molecule has 2 aromatic rings. The number of rotatable bonds is 6. The van der Waals surface area contributed by atoms with Gasteiger partial charge in [-0.1, -0.05) is 62.2 Å². The van der Waals surface area contributed by atoms with Crippen molar-refractivity contribution in [2.24, 2.45) is 5.41 Å². The summed E-state index contributed by atoms with van der Waals surface area (Å²) in [7, 11) is 0. The third kappa shape index (κ3) is 4.94. The van der Waals surface area contributed by atoms with Crippen LogP contribution in [-0.2, 0) is 15.0 Å². The molecule has 4 unspecified atom stereocenters. The lowest BCUT2D eigenvalue weighted by Crippen LogP contribution is -2.49. The average Bonchev–Trinajstić information content (AvgIpc) is 3.57. The summed E-state index contributed by atoms with van der Waals surface area (Å²) in [4.78, 5) is 30.2. The van der Waals surface area contributed by atoms with E-state index in [2.05, 4.69) is 20.9 Å². The highest BCUT2D eigenvalue weighted by atomic mass is 35.5. The van der Waals surface area contributed by atoms with E-state index in [9.17, 15) is 9.59 Å². The number of anilines is 1. The predicted molar refractivity (Wildman–Crippen MR) is 149 cm³/mol. The van der Waals surface area contributed by atoms with Gasteiger partial charge in [-0.05, 0) is 61.0 Å². The van der Waals surface area contributed by atoms with Gasteiger partial charge in [-0.3, -0.25) is 9.59 Å². The molecule has 6 nitrogen and oxygen atoms in total. The summed E-state index contributed by atoms with van der Waals surface area (Å²) < 4.78 is 31.0. The molecule has 3 aliphatic heterocycles. The van der Waals surface area contributed by atoms with Crippen LogP contribution in [0.15, 0.2) is 30.3 Å². The van der Waals surface area contributed by atoms with Gasteiger partial charge in [0, 0.05) is 25.0 Å². The van der Waals surface area contributed by atoms with Gasteiger partial charge in [-0.15, -0.1) is 0 Å². The minimum atomic E-state index is -1.49. The molecular weight excluding hydrogens is 545 g/mol. The van der Waals surface area contributed by atoms with Gasteiger partial charge in [0.05, 0.1) is 21.8 Å². The Hall–Kier alpha value is -2.26. The first-order chi connectivity index (χ1) is 18.4. The molecule has 5 rings (SSSR count). The standard InChI is InChI=1S/C29H34Cl2F2N4O2/c1-28(2,3)15-20-29(17-9-10-19(31)23(33)24(17)36-27(29)39)21(16-7-6-8-18(30)22(16)32)25(35-20)26(38)34-11-14-37-12-4-5-13-37/h6-10,20-21,25,35H,4-5,11-15H2,1-3H3,(H,34,38)(H,36,39). The van der Waals surface area contributed by atoms with E-state index in [1.807, 2.05) is 20.8 Å². The summed E-state index contributed by atoms with van der Waals surface area (Å²) in [5, 5.41) is 8.86. The molecule has 0 aliphatic carbocycles. The van der Waals surface area contributed by atoms with Crippen molar-refractivity contribution in [3.8, 4) is 0 Å². The fourth-order valence-corrected chi connectivity index (χ4v) is 6.97.